The van der Waals surface area contributed by atoms with Crippen molar-refractivity contribution in [2.75, 3.05) is 5.32 Å². The molecule has 2 amide bonds. The van der Waals surface area contributed by atoms with Gasteiger partial charge in [0.15, 0.2) is 0 Å². The summed E-state index contributed by atoms with van der Waals surface area (Å²) in [6, 6.07) is 10.2. The van der Waals surface area contributed by atoms with Gasteiger partial charge in [-0.1, -0.05) is 13.8 Å². The molecule has 2 aromatic rings. The quantitative estimate of drug-likeness (QED) is 0.630. The minimum absolute atomic E-state index is 0.0409. The highest BCUT2D eigenvalue weighted by Gasteiger charge is 2.08. The zero-order valence-electron chi connectivity index (χ0n) is 14.0. The van der Waals surface area contributed by atoms with Crippen molar-refractivity contribution in [2.24, 2.45) is 11.0 Å². The Morgan fingerprint density at radius 1 is 1.17 bits per heavy atom. The Morgan fingerprint density at radius 3 is 2.46 bits per heavy atom. The van der Waals surface area contributed by atoms with Crippen molar-refractivity contribution >= 4 is 23.2 Å². The third kappa shape index (κ3) is 5.08. The smallest absolute Gasteiger partial charge is 0.271 e. The van der Waals surface area contributed by atoms with Gasteiger partial charge in [0.1, 0.15) is 11.5 Å². The summed E-state index contributed by atoms with van der Waals surface area (Å²) in [7, 11) is 0. The fourth-order valence-corrected chi connectivity index (χ4v) is 2.03. The summed E-state index contributed by atoms with van der Waals surface area (Å²) >= 11 is 0. The van der Waals surface area contributed by atoms with Crippen molar-refractivity contribution in [1.82, 2.24) is 5.43 Å². The molecule has 0 spiro atoms. The standard InChI is InChI=1S/C18H21N3O3/c1-12(2)11-17(22)19-15-8-6-14(7-9-15)18(23)21-20-13(3)16-5-4-10-24-16/h4-10,12H,11H2,1-3H3,(H,19,22)(H,21,23). The van der Waals surface area contributed by atoms with Gasteiger partial charge in [-0.3, -0.25) is 9.59 Å². The van der Waals surface area contributed by atoms with Gasteiger partial charge < -0.3 is 9.73 Å². The number of nitrogens with one attached hydrogen (secondary N) is 2. The van der Waals surface area contributed by atoms with E-state index in [2.05, 4.69) is 15.8 Å². The number of hydrazone groups is 1. The molecule has 1 aromatic heterocycles. The second-order valence-electron chi connectivity index (χ2n) is 5.84. The molecule has 6 nitrogen and oxygen atoms in total. The molecule has 2 N–H and O–H groups in total. The zero-order valence-corrected chi connectivity index (χ0v) is 14.0. The molecule has 0 aliphatic rings. The molecule has 0 aliphatic heterocycles. The van der Waals surface area contributed by atoms with Gasteiger partial charge in [-0.2, -0.15) is 5.10 Å². The third-order valence-corrected chi connectivity index (χ3v) is 3.23. The molecular formula is C18H21N3O3. The van der Waals surface area contributed by atoms with Gasteiger partial charge in [-0.25, -0.2) is 5.43 Å². The van der Waals surface area contributed by atoms with Crippen LogP contribution in [0.5, 0.6) is 0 Å². The molecule has 0 aliphatic carbocycles. The highest BCUT2D eigenvalue weighted by atomic mass is 16.3. The number of carbonyl (C=O) groups excluding carboxylic acids is 2. The van der Waals surface area contributed by atoms with Gasteiger partial charge in [0.2, 0.25) is 5.91 Å². The van der Waals surface area contributed by atoms with Crippen LogP contribution in [0.1, 0.15) is 43.3 Å². The molecular weight excluding hydrogens is 306 g/mol. The van der Waals surface area contributed by atoms with E-state index in [9.17, 15) is 9.59 Å². The van der Waals surface area contributed by atoms with Crippen LogP contribution in [0.3, 0.4) is 0 Å². The normalized spacial score (nSPS) is 11.4. The maximum atomic E-state index is 12.1. The zero-order chi connectivity index (χ0) is 17.5. The van der Waals surface area contributed by atoms with Crippen molar-refractivity contribution in [1.29, 1.82) is 0 Å². The fraction of sp³-hybridized carbons (Fsp3) is 0.278. The van der Waals surface area contributed by atoms with Crippen LogP contribution in [0.15, 0.2) is 52.2 Å². The SMILES string of the molecule is CC(=NNC(=O)c1ccc(NC(=O)CC(C)C)cc1)c1ccco1. The number of hydrogen-bond acceptors (Lipinski definition) is 4. The van der Waals surface area contributed by atoms with Crippen molar-refractivity contribution in [3.8, 4) is 0 Å². The summed E-state index contributed by atoms with van der Waals surface area (Å²) in [4.78, 5) is 23.8. The number of anilines is 1. The lowest BCUT2D eigenvalue weighted by Gasteiger charge is -2.08. The van der Waals surface area contributed by atoms with Crippen LogP contribution in [-0.2, 0) is 4.79 Å². The molecule has 0 unspecified atom stereocenters. The molecule has 1 heterocycles. The summed E-state index contributed by atoms with van der Waals surface area (Å²) in [5.74, 6) is 0.519. The van der Waals surface area contributed by atoms with E-state index in [-0.39, 0.29) is 11.8 Å². The first kappa shape index (κ1) is 17.5. The Bertz CT molecular complexity index is 716. The first-order valence-electron chi connectivity index (χ1n) is 7.74. The molecule has 0 atom stereocenters. The largest absolute Gasteiger partial charge is 0.463 e. The molecule has 1 aromatic carbocycles. The van der Waals surface area contributed by atoms with E-state index in [1.165, 1.54) is 0 Å². The Labute approximate surface area is 140 Å². The molecule has 0 bridgehead atoms. The van der Waals surface area contributed by atoms with Gasteiger partial charge in [-0.15, -0.1) is 0 Å². The van der Waals surface area contributed by atoms with Crippen molar-refractivity contribution < 1.29 is 14.0 Å². The first-order valence-corrected chi connectivity index (χ1v) is 7.74. The monoisotopic (exact) mass is 327 g/mol. The molecule has 6 heteroatoms. The lowest BCUT2D eigenvalue weighted by atomic mass is 10.1. The summed E-state index contributed by atoms with van der Waals surface area (Å²) in [5.41, 5.74) is 4.16. The van der Waals surface area contributed by atoms with Crippen molar-refractivity contribution in [3.05, 3.63) is 54.0 Å². The molecule has 0 saturated heterocycles. The Kier molecular flexibility index (Phi) is 5.89. The van der Waals surface area contributed by atoms with Crippen LogP contribution in [-0.4, -0.2) is 17.5 Å². The topological polar surface area (TPSA) is 83.7 Å². The number of furan rings is 1. The molecule has 126 valence electrons. The average molecular weight is 327 g/mol. The van der Waals surface area contributed by atoms with E-state index in [0.29, 0.717) is 35.1 Å². The first-order chi connectivity index (χ1) is 11.5. The molecule has 2 rings (SSSR count). The predicted molar refractivity (Wildman–Crippen MR) is 92.9 cm³/mol. The van der Waals surface area contributed by atoms with E-state index < -0.39 is 0 Å². The summed E-state index contributed by atoms with van der Waals surface area (Å²) in [5, 5.41) is 6.80. The Morgan fingerprint density at radius 2 is 1.88 bits per heavy atom. The molecule has 24 heavy (non-hydrogen) atoms. The van der Waals surface area contributed by atoms with Gasteiger partial charge in [0.25, 0.3) is 5.91 Å². The fourth-order valence-electron chi connectivity index (χ4n) is 2.03. The summed E-state index contributed by atoms with van der Waals surface area (Å²) in [6.07, 6.45) is 2.01. The van der Waals surface area contributed by atoms with E-state index >= 15 is 0 Å². The van der Waals surface area contributed by atoms with Crippen LogP contribution < -0.4 is 10.7 Å². The maximum absolute atomic E-state index is 12.1. The number of benzene rings is 1. The van der Waals surface area contributed by atoms with Crippen molar-refractivity contribution in [2.45, 2.75) is 27.2 Å². The van der Waals surface area contributed by atoms with E-state index in [4.69, 9.17) is 4.42 Å². The van der Waals surface area contributed by atoms with Gasteiger partial charge in [0, 0.05) is 17.7 Å². The number of amides is 2. The number of carbonyl (C=O) groups is 2. The van der Waals surface area contributed by atoms with Crippen LogP contribution in [0, 0.1) is 5.92 Å². The van der Waals surface area contributed by atoms with Crippen molar-refractivity contribution in [3.63, 3.8) is 0 Å². The van der Waals surface area contributed by atoms with Gasteiger partial charge >= 0.3 is 0 Å². The lowest BCUT2D eigenvalue weighted by molar-refractivity contribution is -0.116. The highest BCUT2D eigenvalue weighted by molar-refractivity contribution is 5.99. The lowest BCUT2D eigenvalue weighted by Crippen LogP contribution is -2.19. The second-order valence-corrected chi connectivity index (χ2v) is 5.84. The summed E-state index contributed by atoms with van der Waals surface area (Å²) < 4.78 is 5.19. The summed E-state index contributed by atoms with van der Waals surface area (Å²) in [6.45, 7) is 5.71. The number of rotatable bonds is 6. The van der Waals surface area contributed by atoms with Crippen LogP contribution >= 0.6 is 0 Å². The highest BCUT2D eigenvalue weighted by Crippen LogP contribution is 2.11. The second kappa shape index (κ2) is 8.10. The van der Waals surface area contributed by atoms with Crippen LogP contribution in [0.2, 0.25) is 0 Å². The van der Waals surface area contributed by atoms with Crippen LogP contribution in [0.25, 0.3) is 0 Å². The minimum atomic E-state index is -0.332. The molecule has 0 saturated carbocycles. The third-order valence-electron chi connectivity index (χ3n) is 3.23. The van der Waals surface area contributed by atoms with Gasteiger partial charge in [0.05, 0.1) is 6.26 Å². The predicted octanol–water partition coefficient (Wildman–Crippen LogP) is 3.42. The van der Waals surface area contributed by atoms with Gasteiger partial charge in [-0.05, 0) is 49.2 Å². The Hall–Kier alpha value is -2.89. The van der Waals surface area contributed by atoms with E-state index in [0.717, 1.165) is 0 Å². The molecule has 0 fully saturated rings. The van der Waals surface area contributed by atoms with E-state index in [1.807, 2.05) is 13.8 Å². The number of nitrogens with zero attached hydrogens (tertiary/aromatic N) is 1. The number of hydrogen-bond donors (Lipinski definition) is 2. The Balaban J connectivity index is 1.94. The molecule has 0 radical (unpaired) electrons. The average Bonchev–Trinajstić information content (AvgIpc) is 3.06. The minimum Gasteiger partial charge on any atom is -0.463 e. The van der Waals surface area contributed by atoms with E-state index in [1.54, 1.807) is 49.6 Å². The maximum Gasteiger partial charge on any atom is 0.271 e. The van der Waals surface area contributed by atoms with Crippen LogP contribution in [0.4, 0.5) is 5.69 Å².